The fourth-order valence-electron chi connectivity index (χ4n) is 7.36. The van der Waals surface area contributed by atoms with Gasteiger partial charge in [0.15, 0.2) is 11.6 Å². The van der Waals surface area contributed by atoms with Crippen LogP contribution in [0.2, 0.25) is 5.02 Å². The van der Waals surface area contributed by atoms with Gasteiger partial charge in [0.05, 0.1) is 26.2 Å². The van der Waals surface area contributed by atoms with Crippen LogP contribution in [0.3, 0.4) is 0 Å². The van der Waals surface area contributed by atoms with Crippen molar-refractivity contribution in [1.82, 2.24) is 9.97 Å². The monoisotopic (exact) mass is 856 g/mol. The quantitative estimate of drug-likeness (QED) is 0.121. The average molecular weight is 857 g/mol. The van der Waals surface area contributed by atoms with Crippen molar-refractivity contribution in [2.75, 3.05) is 36.0 Å². The molecular formula is C42H38ClF5N4O4S2. The van der Waals surface area contributed by atoms with Crippen LogP contribution in [0.25, 0.3) is 21.8 Å². The van der Waals surface area contributed by atoms with Gasteiger partial charge in [0, 0.05) is 49.3 Å². The number of fused-ring (bicyclic) bond motifs is 2. The first-order valence-corrected chi connectivity index (χ1v) is 22.0. The van der Waals surface area contributed by atoms with Crippen LogP contribution >= 0.6 is 11.6 Å². The third kappa shape index (κ3) is 7.95. The van der Waals surface area contributed by atoms with Crippen LogP contribution in [0.5, 0.6) is 0 Å². The number of aromatic nitrogens is 2. The van der Waals surface area contributed by atoms with Crippen molar-refractivity contribution in [3.05, 3.63) is 119 Å². The van der Waals surface area contributed by atoms with Gasteiger partial charge in [-0.15, -0.1) is 0 Å². The second-order valence-corrected chi connectivity index (χ2v) is 19.0. The molecule has 4 aromatic carbocycles. The molecule has 0 unspecified atom stereocenters. The van der Waals surface area contributed by atoms with Gasteiger partial charge >= 0.3 is 0 Å². The van der Waals surface area contributed by atoms with E-state index in [4.69, 9.17) is 11.6 Å². The lowest BCUT2D eigenvalue weighted by Crippen LogP contribution is -2.34. The Morgan fingerprint density at radius 3 is 1.38 bits per heavy atom. The highest BCUT2D eigenvalue weighted by Crippen LogP contribution is 2.40. The van der Waals surface area contributed by atoms with E-state index in [1.165, 1.54) is 30.5 Å². The minimum absolute atomic E-state index is 0.0344. The fourth-order valence-corrected chi connectivity index (χ4v) is 10.5. The summed E-state index contributed by atoms with van der Waals surface area (Å²) >= 11 is 5.81. The predicted molar refractivity (Wildman–Crippen MR) is 213 cm³/mol. The number of sulfone groups is 2. The number of hydrogen-bond donors (Lipinski definition) is 0. The van der Waals surface area contributed by atoms with Crippen molar-refractivity contribution < 1.29 is 38.8 Å². The summed E-state index contributed by atoms with van der Waals surface area (Å²) in [6.45, 7) is 6.81. The zero-order valence-corrected chi connectivity index (χ0v) is 33.8. The van der Waals surface area contributed by atoms with Crippen LogP contribution in [0.1, 0.15) is 39.5 Å². The normalized spacial score (nSPS) is 15.8. The van der Waals surface area contributed by atoms with Crippen LogP contribution < -0.4 is 9.80 Å². The van der Waals surface area contributed by atoms with Gasteiger partial charge < -0.3 is 9.80 Å². The molecule has 8 rings (SSSR count). The second-order valence-electron chi connectivity index (χ2n) is 14.7. The van der Waals surface area contributed by atoms with Crippen LogP contribution in [0.15, 0.2) is 105 Å². The highest BCUT2D eigenvalue weighted by atomic mass is 35.5. The van der Waals surface area contributed by atoms with Crippen molar-refractivity contribution in [1.29, 1.82) is 0 Å². The Morgan fingerprint density at radius 1 is 0.552 bits per heavy atom. The predicted octanol–water partition coefficient (Wildman–Crippen LogP) is 9.96. The maximum atomic E-state index is 14.4. The molecule has 4 heterocycles. The molecule has 8 nitrogen and oxygen atoms in total. The molecule has 2 aliphatic heterocycles. The van der Waals surface area contributed by atoms with Gasteiger partial charge in [0.2, 0.25) is 19.7 Å². The number of halogens is 6. The summed E-state index contributed by atoms with van der Waals surface area (Å²) in [5, 5.41) is 0.538. The van der Waals surface area contributed by atoms with Crippen LogP contribution in [-0.4, -0.2) is 53.0 Å². The van der Waals surface area contributed by atoms with Crippen LogP contribution in [-0.2, 0) is 19.7 Å². The topological polar surface area (TPSA) is 101 Å². The molecule has 2 aliphatic rings. The van der Waals surface area contributed by atoms with Crippen molar-refractivity contribution in [2.24, 2.45) is 11.8 Å². The zero-order valence-electron chi connectivity index (χ0n) is 31.4. The van der Waals surface area contributed by atoms with Gasteiger partial charge in [0.1, 0.15) is 38.3 Å². The molecule has 0 amide bonds. The van der Waals surface area contributed by atoms with Gasteiger partial charge in [-0.25, -0.2) is 38.8 Å². The molecule has 6 aromatic rings. The van der Waals surface area contributed by atoms with E-state index in [-0.39, 0.29) is 35.6 Å². The molecule has 2 fully saturated rings. The van der Waals surface area contributed by atoms with E-state index in [9.17, 15) is 38.8 Å². The molecule has 0 radical (unpaired) electrons. The lowest BCUT2D eigenvalue weighted by molar-refractivity contribution is 0.437. The third-order valence-corrected chi connectivity index (χ3v) is 14.5. The van der Waals surface area contributed by atoms with Crippen molar-refractivity contribution in [3.63, 3.8) is 0 Å². The van der Waals surface area contributed by atoms with E-state index < -0.39 is 48.8 Å². The van der Waals surface area contributed by atoms with Gasteiger partial charge in [-0.2, -0.15) is 0 Å². The van der Waals surface area contributed by atoms with Gasteiger partial charge in [-0.1, -0.05) is 49.7 Å². The summed E-state index contributed by atoms with van der Waals surface area (Å²) in [4.78, 5) is 11.3. The van der Waals surface area contributed by atoms with E-state index in [1.807, 2.05) is 9.80 Å². The Bertz CT molecular complexity index is 2570. The number of hydrogen-bond acceptors (Lipinski definition) is 8. The fraction of sp³-hybridized carbons (Fsp3) is 0.286. The molecule has 2 saturated heterocycles. The number of benzene rings is 4. The van der Waals surface area contributed by atoms with Crippen molar-refractivity contribution in [2.45, 2.75) is 59.1 Å². The largest absolute Gasteiger partial charge is 0.370 e. The van der Waals surface area contributed by atoms with Crippen LogP contribution in [0, 0.1) is 40.9 Å². The van der Waals surface area contributed by atoms with Gasteiger partial charge in [-0.05, 0) is 86.1 Å². The maximum Gasteiger partial charge on any atom is 0.210 e. The minimum atomic E-state index is -4.21. The molecule has 58 heavy (non-hydrogen) atoms. The highest BCUT2D eigenvalue weighted by molar-refractivity contribution is 7.92. The summed E-state index contributed by atoms with van der Waals surface area (Å²) in [6, 6.07) is 14.6. The Kier molecular flexibility index (Phi) is 11.7. The molecular weight excluding hydrogens is 819 g/mol. The SMILES string of the molecule is CC1CCN(c2c(S(=O)(=O)c3ccc(F)c(Cl)c3)cnc3c(F)cccc23)CC1.CC1CCN(c2c(S(=O)(=O)c3ccc(F)c(F)c3)cnc3c(F)cccc23)CC1. The first kappa shape index (κ1) is 41.3. The zero-order chi connectivity index (χ0) is 41.5. The minimum Gasteiger partial charge on any atom is -0.370 e. The number of nitrogens with zero attached hydrogens (tertiary/aromatic N) is 4. The first-order valence-electron chi connectivity index (χ1n) is 18.6. The van der Waals surface area contributed by atoms with Gasteiger partial charge in [-0.3, -0.25) is 9.97 Å². The number of rotatable bonds is 6. The van der Waals surface area contributed by atoms with Gasteiger partial charge in [0.25, 0.3) is 0 Å². The maximum absolute atomic E-state index is 14.4. The number of para-hydroxylation sites is 2. The summed E-state index contributed by atoms with van der Waals surface area (Å²) < 4.78 is 123. The molecule has 0 N–H and O–H groups in total. The molecule has 16 heteroatoms. The Labute approximate surface area is 338 Å². The van der Waals surface area contributed by atoms with E-state index in [1.54, 1.807) is 18.2 Å². The Morgan fingerprint density at radius 2 is 0.966 bits per heavy atom. The first-order chi connectivity index (χ1) is 27.6. The van der Waals surface area contributed by atoms with E-state index >= 15 is 0 Å². The molecule has 0 bridgehead atoms. The summed E-state index contributed by atoms with van der Waals surface area (Å²) in [6.07, 6.45) is 5.83. The van der Waals surface area contributed by atoms with Crippen molar-refractivity contribution in [3.8, 4) is 0 Å². The van der Waals surface area contributed by atoms with Crippen LogP contribution in [0.4, 0.5) is 33.3 Å². The highest BCUT2D eigenvalue weighted by Gasteiger charge is 2.31. The summed E-state index contributed by atoms with van der Waals surface area (Å²) in [7, 11) is -8.26. The molecule has 0 spiro atoms. The third-order valence-electron chi connectivity index (χ3n) is 10.8. The van der Waals surface area contributed by atoms with E-state index in [0.717, 1.165) is 56.1 Å². The summed E-state index contributed by atoms with van der Waals surface area (Å²) in [5.74, 6) is -3.11. The smallest absolute Gasteiger partial charge is 0.210 e. The second kappa shape index (κ2) is 16.4. The Balaban J connectivity index is 0.000000177. The Hall–Kier alpha value is -4.86. The average Bonchev–Trinajstić information content (AvgIpc) is 3.20. The molecule has 0 aliphatic carbocycles. The lowest BCUT2D eigenvalue weighted by Gasteiger charge is -2.34. The number of piperidine rings is 2. The van der Waals surface area contributed by atoms with Crippen molar-refractivity contribution >= 4 is 64.5 Å². The number of anilines is 2. The standard InChI is InChI=1S/C21H19ClF2N2O2S.C21H19F3N2O2S/c1-13-7-9-26(10-8-13)21-15-3-2-4-18(24)20(15)25-12-19(21)29(27,28)14-5-6-17(23)16(22)11-14;1-13-7-9-26(10-8-13)21-15-3-2-4-17(23)20(15)25-12-19(21)29(27,28)14-5-6-16(22)18(24)11-14/h2*2-6,11-13H,7-10H2,1H3. The van der Waals surface area contributed by atoms with E-state index in [2.05, 4.69) is 23.8 Å². The molecule has 304 valence electrons. The molecule has 0 atom stereocenters. The van der Waals surface area contributed by atoms with E-state index in [0.29, 0.717) is 66.2 Å². The molecule has 2 aromatic heterocycles. The summed E-state index contributed by atoms with van der Waals surface area (Å²) in [5.41, 5.74) is 0.982. The lowest BCUT2D eigenvalue weighted by atomic mass is 9.98. The molecule has 0 saturated carbocycles. The number of pyridine rings is 2.